The van der Waals surface area contributed by atoms with Gasteiger partial charge in [-0.1, -0.05) is 5.16 Å². The van der Waals surface area contributed by atoms with Gasteiger partial charge < -0.3 is 26.2 Å². The number of aromatic nitrogens is 2. The van der Waals surface area contributed by atoms with Gasteiger partial charge in [0.15, 0.2) is 5.13 Å². The van der Waals surface area contributed by atoms with Crippen molar-refractivity contribution >= 4 is 81.7 Å². The molecule has 4 N–H and O–H groups in total. The van der Waals surface area contributed by atoms with E-state index in [2.05, 4.69) is 37.3 Å². The highest BCUT2D eigenvalue weighted by Gasteiger charge is 2.53. The third kappa shape index (κ3) is 5.04. The molecular formula is C21H24N8O5S4. The molecule has 0 saturated carbocycles. The van der Waals surface area contributed by atoms with Gasteiger partial charge in [0.2, 0.25) is 17.4 Å². The van der Waals surface area contributed by atoms with Crippen molar-refractivity contribution in [3.05, 3.63) is 28.3 Å². The zero-order chi connectivity index (χ0) is 27.0. The lowest BCUT2D eigenvalue weighted by atomic mass is 10.0. The maximum absolute atomic E-state index is 12.9. The topological polar surface area (TPSA) is 186 Å². The maximum Gasteiger partial charge on any atom is 0.278 e. The van der Waals surface area contributed by atoms with Gasteiger partial charge in [0.05, 0.1) is 41.8 Å². The predicted molar refractivity (Wildman–Crippen MR) is 145 cm³/mol. The molecule has 5 rings (SSSR count). The molecule has 0 spiro atoms. The Balaban J connectivity index is 1.22. The van der Waals surface area contributed by atoms with Crippen LogP contribution in [0.4, 0.5) is 5.13 Å². The van der Waals surface area contributed by atoms with Gasteiger partial charge in [-0.3, -0.25) is 19.0 Å². The Labute approximate surface area is 234 Å². The smallest absolute Gasteiger partial charge is 0.278 e. The zero-order valence-corrected chi connectivity index (χ0v) is 23.4. The number of carboxylic acid groups (broad SMARTS) is 1. The minimum Gasteiger partial charge on any atom is -0.543 e. The Bertz CT molecular complexity index is 1290. The van der Waals surface area contributed by atoms with Crippen molar-refractivity contribution in [3.63, 3.8) is 0 Å². The average Bonchev–Trinajstić information content (AvgIpc) is 3.55. The van der Waals surface area contributed by atoms with Gasteiger partial charge in [-0.05, 0) is 5.57 Å². The molecular weight excluding hydrogens is 573 g/mol. The number of β-lactam (4-membered cyclic amide) rings is 1. The number of nitrogens with zero attached hydrogens (tertiary/aromatic N) is 6. The minimum absolute atomic E-state index is 0.0230. The summed E-state index contributed by atoms with van der Waals surface area (Å²) in [6.45, 7) is 2.16. The number of anilines is 1. The summed E-state index contributed by atoms with van der Waals surface area (Å²) in [5, 5.41) is 28.3. The summed E-state index contributed by atoms with van der Waals surface area (Å²) in [6, 6.07) is -1.01. The molecule has 38 heavy (non-hydrogen) atoms. The Morgan fingerprint density at radius 2 is 2.16 bits per heavy atom. The first-order valence-corrected chi connectivity index (χ1v) is 15.4. The summed E-state index contributed by atoms with van der Waals surface area (Å²) in [7, 11) is 2.19. The number of nitrogen functional groups attached to an aromatic ring is 1. The second kappa shape index (κ2) is 10.9. The number of aliphatic carboxylic acids is 1. The van der Waals surface area contributed by atoms with Gasteiger partial charge in [0.25, 0.3) is 11.8 Å². The Hall–Kier alpha value is -2.60. The molecule has 0 bridgehead atoms. The standard InChI is InChI=1S/C21H24N8O5S4/c1-29(4-2-3-5-29)11-9-36-12(6-23-11)35-7-10-8-37-19-14(18(31)28(19)15(10)20(32)33)24-17(30)13(26-34)16-25-21(22)38-27-16/h6,9,12,14,19H,2-5,7-8H2,1H3,(H4-,22,24,25,27,30,32,33,34)/t12?,14-,19?/m1/s1. The Kier molecular flexibility index (Phi) is 7.72. The fourth-order valence-electron chi connectivity index (χ4n) is 4.64. The number of hydrogen-bond donors (Lipinski definition) is 3. The van der Waals surface area contributed by atoms with Gasteiger partial charge >= 0.3 is 0 Å². The molecule has 2 fully saturated rings. The first-order valence-electron chi connectivity index (χ1n) is 11.6. The van der Waals surface area contributed by atoms with Gasteiger partial charge in [-0.15, -0.1) is 35.3 Å². The summed E-state index contributed by atoms with van der Waals surface area (Å²) >= 11 is 5.35. The first-order chi connectivity index (χ1) is 18.2. The molecule has 202 valence electrons. The summed E-state index contributed by atoms with van der Waals surface area (Å²) < 4.78 is 4.70. The number of quaternary nitrogens is 1. The molecule has 4 aliphatic heterocycles. The predicted octanol–water partition coefficient (Wildman–Crippen LogP) is -0.381. The quantitative estimate of drug-likeness (QED) is 0.117. The summed E-state index contributed by atoms with van der Waals surface area (Å²) in [5.74, 6) is -1.29. The molecule has 5 heterocycles. The number of carbonyl (C=O) groups excluding carboxylic acids is 3. The van der Waals surface area contributed by atoms with Crippen molar-refractivity contribution < 1.29 is 29.2 Å². The van der Waals surface area contributed by atoms with E-state index in [9.17, 15) is 24.7 Å². The molecule has 0 radical (unpaired) electrons. The number of likely N-dealkylation sites (tertiary alicyclic amines) is 1. The number of thioether (sulfide) groups is 3. The van der Waals surface area contributed by atoms with Crippen molar-refractivity contribution in [3.8, 4) is 0 Å². The van der Waals surface area contributed by atoms with E-state index in [0.717, 1.165) is 39.8 Å². The average molecular weight is 597 g/mol. The molecule has 1 aromatic rings. The van der Waals surface area contributed by atoms with Crippen LogP contribution in [-0.4, -0.2) is 101 Å². The third-order valence-electron chi connectivity index (χ3n) is 6.66. The number of amides is 2. The van der Waals surface area contributed by atoms with Gasteiger partial charge in [-0.25, -0.2) is 4.99 Å². The molecule has 1 aromatic heterocycles. The maximum atomic E-state index is 12.9. The van der Waals surface area contributed by atoms with Crippen LogP contribution < -0.4 is 16.2 Å². The number of carbonyl (C=O) groups is 3. The number of nitrogens with one attached hydrogen (secondary N) is 1. The monoisotopic (exact) mass is 596 g/mol. The summed E-state index contributed by atoms with van der Waals surface area (Å²) in [6.07, 6.45) is 4.29. The van der Waals surface area contributed by atoms with E-state index in [-0.39, 0.29) is 21.2 Å². The minimum atomic E-state index is -1.44. The third-order valence-corrected chi connectivity index (χ3v) is 11.0. The Morgan fingerprint density at radius 3 is 2.76 bits per heavy atom. The number of aliphatic imine (C=N–C) groups is 1. The molecule has 0 aromatic carbocycles. The van der Waals surface area contributed by atoms with Crippen molar-refractivity contribution in [2.45, 2.75) is 28.8 Å². The largest absolute Gasteiger partial charge is 0.543 e. The molecule has 4 aliphatic rings. The van der Waals surface area contributed by atoms with E-state index in [1.54, 1.807) is 23.5 Å². The van der Waals surface area contributed by atoms with Crippen molar-refractivity contribution in [2.24, 2.45) is 10.1 Å². The molecule has 2 unspecified atom stereocenters. The van der Waals surface area contributed by atoms with E-state index < -0.39 is 34.9 Å². The van der Waals surface area contributed by atoms with Crippen LogP contribution in [0.1, 0.15) is 18.7 Å². The van der Waals surface area contributed by atoms with Crippen LogP contribution in [0, 0.1) is 0 Å². The number of hydrogen-bond acceptors (Lipinski definition) is 14. The zero-order valence-electron chi connectivity index (χ0n) is 20.1. The van der Waals surface area contributed by atoms with E-state index in [4.69, 9.17) is 5.73 Å². The second-order valence-corrected chi connectivity index (χ2v) is 13.5. The van der Waals surface area contributed by atoms with Crippen molar-refractivity contribution in [1.29, 1.82) is 0 Å². The fraction of sp³-hybridized carbons (Fsp3) is 0.476. The number of oxime groups is 1. The van der Waals surface area contributed by atoms with Crippen LogP contribution in [-0.2, 0) is 14.4 Å². The molecule has 0 aliphatic carbocycles. The lowest BCUT2D eigenvalue weighted by molar-refractivity contribution is -0.860. The Morgan fingerprint density at radius 1 is 1.39 bits per heavy atom. The van der Waals surface area contributed by atoms with Crippen LogP contribution in [0.3, 0.4) is 0 Å². The van der Waals surface area contributed by atoms with Crippen molar-refractivity contribution in [1.82, 2.24) is 19.6 Å². The van der Waals surface area contributed by atoms with Crippen LogP contribution in [0.5, 0.6) is 0 Å². The molecule has 17 heteroatoms. The van der Waals surface area contributed by atoms with Crippen LogP contribution in [0.2, 0.25) is 0 Å². The SMILES string of the molecule is C[N+]1(C2=CSC(SCC3=C(C(=O)[O-])N4C(=O)[C@@H](NC(=O)/C(=N\O)c5nsc(N)n5)C4SC3)C=N2)CCCC1. The highest BCUT2D eigenvalue weighted by molar-refractivity contribution is 8.19. The number of fused-ring (bicyclic) bond motifs is 1. The number of rotatable bonds is 8. The van der Waals surface area contributed by atoms with Crippen LogP contribution >= 0.6 is 46.8 Å². The van der Waals surface area contributed by atoms with E-state index in [0.29, 0.717) is 17.1 Å². The summed E-state index contributed by atoms with van der Waals surface area (Å²) in [4.78, 5) is 47.2. The lowest BCUT2D eigenvalue weighted by Crippen LogP contribution is -2.71. The van der Waals surface area contributed by atoms with Crippen LogP contribution in [0.25, 0.3) is 0 Å². The van der Waals surface area contributed by atoms with Gasteiger partial charge in [0.1, 0.15) is 11.4 Å². The molecule has 13 nitrogen and oxygen atoms in total. The van der Waals surface area contributed by atoms with Gasteiger partial charge in [-0.2, -0.15) is 9.36 Å². The second-order valence-electron chi connectivity index (χ2n) is 9.13. The van der Waals surface area contributed by atoms with Crippen molar-refractivity contribution in [2.75, 3.05) is 37.4 Å². The molecule has 2 saturated heterocycles. The highest BCUT2D eigenvalue weighted by Crippen LogP contribution is 2.42. The lowest BCUT2D eigenvalue weighted by Gasteiger charge is -2.50. The first kappa shape index (κ1) is 27.0. The van der Waals surface area contributed by atoms with Gasteiger partial charge in [0, 0.05) is 42.1 Å². The normalized spacial score (nSPS) is 26.6. The fourth-order valence-corrected chi connectivity index (χ4v) is 8.69. The van der Waals surface area contributed by atoms with E-state index >= 15 is 0 Å². The molecule has 2 amide bonds. The number of carboxylic acids is 1. The summed E-state index contributed by atoms with van der Waals surface area (Å²) in [5.41, 5.74) is 5.44. The highest BCUT2D eigenvalue weighted by atomic mass is 32.2. The van der Waals surface area contributed by atoms with E-state index in [1.165, 1.54) is 24.6 Å². The van der Waals surface area contributed by atoms with E-state index in [1.807, 2.05) is 6.21 Å². The molecule has 3 atom stereocenters. The van der Waals surface area contributed by atoms with Crippen LogP contribution in [0.15, 0.2) is 32.6 Å². The number of nitrogens with two attached hydrogens (primary N) is 1.